The summed E-state index contributed by atoms with van der Waals surface area (Å²) in [5, 5.41) is 4.37. The van der Waals surface area contributed by atoms with Crippen LogP contribution in [0.2, 0.25) is 0 Å². The van der Waals surface area contributed by atoms with Gasteiger partial charge in [-0.3, -0.25) is 9.67 Å². The van der Waals surface area contributed by atoms with E-state index in [9.17, 15) is 0 Å². The van der Waals surface area contributed by atoms with E-state index in [2.05, 4.69) is 26.0 Å². The standard InChI is InChI=1S/C10H10BrN3/c1-7-8(4-3-5-12-7)10-9(11)6-14(2)13-10/h3-6H,1-2H3. The van der Waals surface area contributed by atoms with Crippen molar-refractivity contribution in [1.82, 2.24) is 14.8 Å². The van der Waals surface area contributed by atoms with E-state index in [4.69, 9.17) is 0 Å². The summed E-state index contributed by atoms with van der Waals surface area (Å²) >= 11 is 3.48. The van der Waals surface area contributed by atoms with Crippen LogP contribution in [0.25, 0.3) is 11.3 Å². The molecule has 3 nitrogen and oxygen atoms in total. The van der Waals surface area contributed by atoms with E-state index >= 15 is 0 Å². The average molecular weight is 252 g/mol. The summed E-state index contributed by atoms with van der Waals surface area (Å²) in [6.07, 6.45) is 3.72. The molecule has 0 saturated carbocycles. The Morgan fingerprint density at radius 1 is 1.43 bits per heavy atom. The van der Waals surface area contributed by atoms with Gasteiger partial charge in [-0.2, -0.15) is 5.10 Å². The van der Waals surface area contributed by atoms with Crippen LogP contribution in [0.4, 0.5) is 0 Å². The maximum atomic E-state index is 4.37. The second kappa shape index (κ2) is 3.53. The third-order valence-corrected chi connectivity index (χ3v) is 2.63. The van der Waals surface area contributed by atoms with Crippen LogP contribution in [0.3, 0.4) is 0 Å². The van der Waals surface area contributed by atoms with Crippen molar-refractivity contribution in [3.8, 4) is 11.3 Å². The van der Waals surface area contributed by atoms with Crippen molar-refractivity contribution >= 4 is 15.9 Å². The van der Waals surface area contributed by atoms with Gasteiger partial charge in [0.05, 0.1) is 4.47 Å². The van der Waals surface area contributed by atoms with Crippen molar-refractivity contribution in [2.24, 2.45) is 7.05 Å². The molecule has 0 aliphatic heterocycles. The molecule has 0 bridgehead atoms. The predicted octanol–water partition coefficient (Wildman–Crippen LogP) is 2.55. The first-order chi connectivity index (χ1) is 6.68. The molecule has 4 heteroatoms. The van der Waals surface area contributed by atoms with Crippen molar-refractivity contribution in [3.05, 3.63) is 34.7 Å². The van der Waals surface area contributed by atoms with Gasteiger partial charge in [0.2, 0.25) is 0 Å². The highest BCUT2D eigenvalue weighted by Gasteiger charge is 2.09. The summed E-state index contributed by atoms with van der Waals surface area (Å²) in [4.78, 5) is 4.24. The second-order valence-corrected chi connectivity index (χ2v) is 3.99. The van der Waals surface area contributed by atoms with Gasteiger partial charge in [-0.05, 0) is 35.0 Å². The minimum absolute atomic E-state index is 0.943. The zero-order valence-electron chi connectivity index (χ0n) is 8.03. The molecule has 0 aromatic carbocycles. The first-order valence-corrected chi connectivity index (χ1v) is 5.09. The molecule has 0 atom stereocenters. The lowest BCUT2D eigenvalue weighted by atomic mass is 10.1. The van der Waals surface area contributed by atoms with Crippen LogP contribution in [0.5, 0.6) is 0 Å². The van der Waals surface area contributed by atoms with E-state index in [1.54, 1.807) is 10.9 Å². The van der Waals surface area contributed by atoms with Crippen LogP contribution in [0.1, 0.15) is 5.69 Å². The normalized spacial score (nSPS) is 10.5. The Hall–Kier alpha value is -1.16. The highest BCUT2D eigenvalue weighted by Crippen LogP contribution is 2.27. The van der Waals surface area contributed by atoms with Crippen LogP contribution in [-0.4, -0.2) is 14.8 Å². The topological polar surface area (TPSA) is 30.7 Å². The Balaban J connectivity index is 2.60. The minimum atomic E-state index is 0.943. The van der Waals surface area contributed by atoms with E-state index in [1.165, 1.54) is 0 Å². The molecule has 2 rings (SSSR count). The molecule has 2 heterocycles. The quantitative estimate of drug-likeness (QED) is 0.780. The van der Waals surface area contributed by atoms with Gasteiger partial charge >= 0.3 is 0 Å². The minimum Gasteiger partial charge on any atom is -0.274 e. The van der Waals surface area contributed by atoms with Gasteiger partial charge in [0.15, 0.2) is 0 Å². The van der Waals surface area contributed by atoms with E-state index in [0.717, 1.165) is 21.4 Å². The number of aryl methyl sites for hydroxylation is 2. The summed E-state index contributed by atoms with van der Waals surface area (Å²) < 4.78 is 2.78. The van der Waals surface area contributed by atoms with E-state index < -0.39 is 0 Å². The van der Waals surface area contributed by atoms with Gasteiger partial charge in [0, 0.05) is 30.7 Å². The van der Waals surface area contributed by atoms with Gasteiger partial charge in [-0.15, -0.1) is 0 Å². The van der Waals surface area contributed by atoms with Crippen LogP contribution in [0, 0.1) is 6.92 Å². The zero-order chi connectivity index (χ0) is 10.1. The number of rotatable bonds is 1. The molecule has 2 aromatic heterocycles. The Kier molecular flexibility index (Phi) is 2.37. The fraction of sp³-hybridized carbons (Fsp3) is 0.200. The molecule has 0 aliphatic rings. The number of pyridine rings is 1. The number of hydrogen-bond acceptors (Lipinski definition) is 2. The van der Waals surface area contributed by atoms with Crippen LogP contribution in [-0.2, 0) is 7.05 Å². The number of aromatic nitrogens is 3. The van der Waals surface area contributed by atoms with Crippen molar-refractivity contribution in [2.45, 2.75) is 6.92 Å². The molecule has 72 valence electrons. The SMILES string of the molecule is Cc1ncccc1-c1nn(C)cc1Br. The fourth-order valence-electron chi connectivity index (χ4n) is 1.38. The monoisotopic (exact) mass is 251 g/mol. The Morgan fingerprint density at radius 3 is 2.79 bits per heavy atom. The first kappa shape index (κ1) is 9.40. The van der Waals surface area contributed by atoms with Crippen LogP contribution >= 0.6 is 15.9 Å². The molecule has 0 spiro atoms. The predicted molar refractivity (Wildman–Crippen MR) is 58.9 cm³/mol. The summed E-state index contributed by atoms with van der Waals surface area (Å²) in [5.41, 5.74) is 3.00. The van der Waals surface area contributed by atoms with Gasteiger partial charge in [-0.1, -0.05) is 0 Å². The number of nitrogens with zero attached hydrogens (tertiary/aromatic N) is 3. The molecular formula is C10H10BrN3. The Morgan fingerprint density at radius 2 is 2.21 bits per heavy atom. The average Bonchev–Trinajstić information content (AvgIpc) is 2.46. The van der Waals surface area contributed by atoms with E-state index in [0.29, 0.717) is 0 Å². The number of hydrogen-bond donors (Lipinski definition) is 0. The smallest absolute Gasteiger partial charge is 0.108 e. The molecule has 0 N–H and O–H groups in total. The lowest BCUT2D eigenvalue weighted by Crippen LogP contribution is -1.90. The lowest BCUT2D eigenvalue weighted by molar-refractivity contribution is 0.770. The second-order valence-electron chi connectivity index (χ2n) is 3.14. The Bertz CT molecular complexity index is 462. The molecule has 14 heavy (non-hydrogen) atoms. The molecule has 2 aromatic rings. The van der Waals surface area contributed by atoms with Gasteiger partial charge in [0.1, 0.15) is 5.69 Å². The maximum Gasteiger partial charge on any atom is 0.108 e. The largest absolute Gasteiger partial charge is 0.274 e. The van der Waals surface area contributed by atoms with Gasteiger partial charge in [0.25, 0.3) is 0 Å². The molecule has 0 amide bonds. The highest BCUT2D eigenvalue weighted by atomic mass is 79.9. The fourth-order valence-corrected chi connectivity index (χ4v) is 1.97. The molecule has 0 aliphatic carbocycles. The molecule has 0 unspecified atom stereocenters. The summed E-state index contributed by atoms with van der Waals surface area (Å²) in [5.74, 6) is 0. The number of halogens is 1. The molecule has 0 saturated heterocycles. The maximum absolute atomic E-state index is 4.37. The summed E-state index contributed by atoms with van der Waals surface area (Å²) in [7, 11) is 1.90. The Labute approximate surface area is 90.9 Å². The third-order valence-electron chi connectivity index (χ3n) is 2.05. The molecule has 0 fully saturated rings. The lowest BCUT2D eigenvalue weighted by Gasteiger charge is -2.00. The van der Waals surface area contributed by atoms with Gasteiger partial charge < -0.3 is 0 Å². The zero-order valence-corrected chi connectivity index (χ0v) is 9.62. The van der Waals surface area contributed by atoms with Crippen molar-refractivity contribution in [1.29, 1.82) is 0 Å². The van der Waals surface area contributed by atoms with Gasteiger partial charge in [-0.25, -0.2) is 0 Å². The van der Waals surface area contributed by atoms with E-state index in [1.807, 2.05) is 32.3 Å². The first-order valence-electron chi connectivity index (χ1n) is 4.29. The van der Waals surface area contributed by atoms with Crippen molar-refractivity contribution < 1.29 is 0 Å². The summed E-state index contributed by atoms with van der Waals surface area (Å²) in [6, 6.07) is 3.94. The third kappa shape index (κ3) is 1.57. The van der Waals surface area contributed by atoms with E-state index in [-0.39, 0.29) is 0 Å². The van der Waals surface area contributed by atoms with Crippen molar-refractivity contribution in [2.75, 3.05) is 0 Å². The van der Waals surface area contributed by atoms with Crippen LogP contribution in [0.15, 0.2) is 29.0 Å². The molecular weight excluding hydrogens is 242 g/mol. The van der Waals surface area contributed by atoms with Crippen molar-refractivity contribution in [3.63, 3.8) is 0 Å². The highest BCUT2D eigenvalue weighted by molar-refractivity contribution is 9.10. The summed E-state index contributed by atoms with van der Waals surface area (Å²) in [6.45, 7) is 1.98. The molecule has 0 radical (unpaired) electrons. The van der Waals surface area contributed by atoms with Crippen LogP contribution < -0.4 is 0 Å².